The Balaban J connectivity index is 2.38. The van der Waals surface area contributed by atoms with Gasteiger partial charge >= 0.3 is 0 Å². The van der Waals surface area contributed by atoms with Crippen LogP contribution in [-0.2, 0) is 26.2 Å². The van der Waals surface area contributed by atoms with Crippen LogP contribution in [0.2, 0.25) is 0 Å². The van der Waals surface area contributed by atoms with E-state index in [-0.39, 0.29) is 18.4 Å². The molecule has 0 radical (unpaired) electrons. The molecule has 9 heteroatoms. The minimum Gasteiger partial charge on any atom is -0.497 e. The summed E-state index contributed by atoms with van der Waals surface area (Å²) in [5.74, 6) is 0.210. The lowest BCUT2D eigenvalue weighted by atomic mass is 10.1. The normalized spacial score (nSPS) is 12.2. The molecule has 0 unspecified atom stereocenters. The molecule has 0 saturated carbocycles. The number of carbonyl (C=O) groups is 2. The van der Waals surface area contributed by atoms with Crippen molar-refractivity contribution in [2.45, 2.75) is 39.8 Å². The van der Waals surface area contributed by atoms with Crippen LogP contribution in [-0.4, -0.2) is 57.6 Å². The van der Waals surface area contributed by atoms with Gasteiger partial charge in [-0.25, -0.2) is 8.42 Å². The van der Waals surface area contributed by atoms with Crippen molar-refractivity contribution in [1.29, 1.82) is 0 Å². The number of ether oxygens (including phenoxy) is 1. The Labute approximate surface area is 202 Å². The topological polar surface area (TPSA) is 96.0 Å². The lowest BCUT2D eigenvalue weighted by molar-refractivity contribution is -0.140. The summed E-state index contributed by atoms with van der Waals surface area (Å²) in [6.45, 7) is 6.05. The van der Waals surface area contributed by atoms with Crippen LogP contribution in [0.3, 0.4) is 0 Å². The van der Waals surface area contributed by atoms with Gasteiger partial charge in [-0.05, 0) is 42.2 Å². The van der Waals surface area contributed by atoms with Gasteiger partial charge in [0, 0.05) is 13.1 Å². The van der Waals surface area contributed by atoms with Crippen molar-refractivity contribution in [2.24, 2.45) is 5.92 Å². The van der Waals surface area contributed by atoms with E-state index in [0.717, 1.165) is 16.1 Å². The lowest BCUT2D eigenvalue weighted by Gasteiger charge is -2.33. The van der Waals surface area contributed by atoms with E-state index in [4.69, 9.17) is 4.74 Å². The molecule has 8 nitrogen and oxygen atoms in total. The van der Waals surface area contributed by atoms with Gasteiger partial charge in [0.05, 0.1) is 19.1 Å². The first-order chi connectivity index (χ1) is 16.1. The maximum atomic E-state index is 13.6. The molecule has 186 valence electrons. The third kappa shape index (κ3) is 7.76. The van der Waals surface area contributed by atoms with Crippen LogP contribution in [0.1, 0.15) is 32.8 Å². The average Bonchev–Trinajstić information content (AvgIpc) is 2.81. The Morgan fingerprint density at radius 2 is 1.65 bits per heavy atom. The number of nitrogens with zero attached hydrogens (tertiary/aromatic N) is 2. The molecule has 0 heterocycles. The number of benzene rings is 2. The van der Waals surface area contributed by atoms with Crippen molar-refractivity contribution in [3.05, 3.63) is 60.2 Å². The summed E-state index contributed by atoms with van der Waals surface area (Å²) in [6.07, 6.45) is 1.45. The fraction of sp³-hybridized carbons (Fsp3) is 0.440. The summed E-state index contributed by atoms with van der Waals surface area (Å²) in [6, 6.07) is 14.9. The number of methoxy groups -OCH3 is 1. The molecular weight excluding hydrogens is 454 g/mol. The Hall–Kier alpha value is -3.07. The van der Waals surface area contributed by atoms with E-state index in [2.05, 4.69) is 5.32 Å². The molecule has 2 rings (SSSR count). The molecule has 2 aromatic carbocycles. The van der Waals surface area contributed by atoms with E-state index < -0.39 is 28.5 Å². The summed E-state index contributed by atoms with van der Waals surface area (Å²) in [5, 5.41) is 2.90. The van der Waals surface area contributed by atoms with Crippen LogP contribution in [0, 0.1) is 5.92 Å². The van der Waals surface area contributed by atoms with Crippen molar-refractivity contribution in [2.75, 3.05) is 30.8 Å². The van der Waals surface area contributed by atoms with Crippen LogP contribution in [0.5, 0.6) is 5.75 Å². The smallest absolute Gasteiger partial charge is 0.244 e. The van der Waals surface area contributed by atoms with Crippen molar-refractivity contribution < 1.29 is 22.7 Å². The zero-order valence-corrected chi connectivity index (χ0v) is 21.3. The monoisotopic (exact) mass is 489 g/mol. The molecule has 1 atom stereocenters. The number of amides is 2. The SMILES string of the molecule is CC[C@@H](C(=O)NCC(C)C)N(Cc1ccc(OC)cc1)C(=O)CN(c1ccccc1)S(C)(=O)=O. The van der Waals surface area contributed by atoms with Gasteiger partial charge in [0.1, 0.15) is 18.3 Å². The Morgan fingerprint density at radius 1 is 1.03 bits per heavy atom. The predicted molar refractivity (Wildman–Crippen MR) is 134 cm³/mol. The highest BCUT2D eigenvalue weighted by atomic mass is 32.2. The summed E-state index contributed by atoms with van der Waals surface area (Å²) >= 11 is 0. The first-order valence-electron chi connectivity index (χ1n) is 11.3. The molecule has 1 N–H and O–H groups in total. The van der Waals surface area contributed by atoms with Crippen molar-refractivity contribution in [1.82, 2.24) is 10.2 Å². The number of hydrogen-bond acceptors (Lipinski definition) is 5. The number of para-hydroxylation sites is 1. The number of rotatable bonds is 12. The lowest BCUT2D eigenvalue weighted by Crippen LogP contribution is -2.52. The molecule has 0 aliphatic carbocycles. The second kappa shape index (κ2) is 12.4. The molecule has 0 aromatic heterocycles. The molecule has 0 aliphatic rings. The summed E-state index contributed by atoms with van der Waals surface area (Å²) in [4.78, 5) is 28.0. The number of carbonyl (C=O) groups excluding carboxylic acids is 2. The van der Waals surface area contributed by atoms with Gasteiger partial charge in [0.15, 0.2) is 0 Å². The minimum atomic E-state index is -3.73. The average molecular weight is 490 g/mol. The zero-order chi connectivity index (χ0) is 25.3. The predicted octanol–water partition coefficient (Wildman–Crippen LogP) is 3.04. The van der Waals surface area contributed by atoms with Crippen molar-refractivity contribution in [3.8, 4) is 5.75 Å². The Morgan fingerprint density at radius 3 is 2.15 bits per heavy atom. The van der Waals surface area contributed by atoms with Gasteiger partial charge in [0.25, 0.3) is 0 Å². The van der Waals surface area contributed by atoms with Gasteiger partial charge in [-0.1, -0.05) is 51.1 Å². The second-order valence-corrected chi connectivity index (χ2v) is 10.4. The molecule has 0 bridgehead atoms. The van der Waals surface area contributed by atoms with E-state index >= 15 is 0 Å². The molecule has 0 spiro atoms. The van der Waals surface area contributed by atoms with Crippen molar-refractivity contribution >= 4 is 27.5 Å². The van der Waals surface area contributed by atoms with E-state index in [1.807, 2.05) is 32.9 Å². The highest BCUT2D eigenvalue weighted by Gasteiger charge is 2.31. The first-order valence-corrected chi connectivity index (χ1v) is 13.1. The van der Waals surface area contributed by atoms with Gasteiger partial charge in [0.2, 0.25) is 21.8 Å². The highest BCUT2D eigenvalue weighted by molar-refractivity contribution is 7.92. The van der Waals surface area contributed by atoms with Crippen LogP contribution in [0.15, 0.2) is 54.6 Å². The van der Waals surface area contributed by atoms with Gasteiger partial charge in [-0.3, -0.25) is 13.9 Å². The van der Waals surface area contributed by atoms with Crippen molar-refractivity contribution in [3.63, 3.8) is 0 Å². The minimum absolute atomic E-state index is 0.156. The first kappa shape index (κ1) is 27.2. The number of sulfonamides is 1. The van der Waals surface area contributed by atoms with E-state index in [9.17, 15) is 18.0 Å². The van der Waals surface area contributed by atoms with E-state index in [1.54, 1.807) is 49.6 Å². The Kier molecular flexibility index (Phi) is 9.92. The standard InChI is InChI=1S/C25H35N3O5S/c1-6-23(25(30)26-16-19(2)3)27(17-20-12-14-22(33-4)15-13-20)24(29)18-28(34(5,31)32)21-10-8-7-9-11-21/h7-15,19,23H,6,16-18H2,1-5H3,(H,26,30)/t23-/m0/s1. The molecule has 0 fully saturated rings. The molecular formula is C25H35N3O5S. The summed E-state index contributed by atoms with van der Waals surface area (Å²) in [7, 11) is -2.16. The molecule has 2 aromatic rings. The van der Waals surface area contributed by atoms with Crippen LogP contribution in [0.4, 0.5) is 5.69 Å². The fourth-order valence-corrected chi connectivity index (χ4v) is 4.33. The van der Waals surface area contributed by atoms with Crippen LogP contribution >= 0.6 is 0 Å². The third-order valence-electron chi connectivity index (χ3n) is 5.31. The zero-order valence-electron chi connectivity index (χ0n) is 20.5. The number of hydrogen-bond donors (Lipinski definition) is 1. The fourth-order valence-electron chi connectivity index (χ4n) is 3.48. The maximum absolute atomic E-state index is 13.6. The number of nitrogens with one attached hydrogen (secondary N) is 1. The number of anilines is 1. The second-order valence-electron chi connectivity index (χ2n) is 8.54. The molecule has 0 saturated heterocycles. The van der Waals surface area contributed by atoms with Gasteiger partial charge in [-0.2, -0.15) is 0 Å². The van der Waals surface area contributed by atoms with Crippen LogP contribution < -0.4 is 14.4 Å². The Bertz CT molecular complexity index is 1040. The summed E-state index contributed by atoms with van der Waals surface area (Å²) < 4.78 is 31.3. The van der Waals surface area contributed by atoms with E-state index in [0.29, 0.717) is 24.4 Å². The third-order valence-corrected chi connectivity index (χ3v) is 6.45. The van der Waals surface area contributed by atoms with Gasteiger partial charge in [-0.15, -0.1) is 0 Å². The molecule has 2 amide bonds. The molecule has 34 heavy (non-hydrogen) atoms. The van der Waals surface area contributed by atoms with Gasteiger partial charge < -0.3 is 15.0 Å². The largest absolute Gasteiger partial charge is 0.497 e. The summed E-state index contributed by atoms with van der Waals surface area (Å²) in [5.41, 5.74) is 1.19. The maximum Gasteiger partial charge on any atom is 0.244 e. The highest BCUT2D eigenvalue weighted by Crippen LogP contribution is 2.20. The van der Waals surface area contributed by atoms with Crippen LogP contribution in [0.25, 0.3) is 0 Å². The van der Waals surface area contributed by atoms with E-state index in [1.165, 1.54) is 4.90 Å². The molecule has 0 aliphatic heterocycles. The quantitative estimate of drug-likeness (QED) is 0.494.